The number of rotatable bonds is 5. The Hall–Kier alpha value is -0.770. The van der Waals surface area contributed by atoms with Gasteiger partial charge in [-0.3, -0.25) is 0 Å². The molecule has 0 aromatic rings. The molecular formula is C16H27N3O2. The molecule has 5 atom stereocenters. The Morgan fingerprint density at radius 1 is 1.33 bits per heavy atom. The van der Waals surface area contributed by atoms with Crippen molar-refractivity contribution in [1.29, 1.82) is 0 Å². The van der Waals surface area contributed by atoms with E-state index in [1.54, 1.807) is 0 Å². The molecule has 4 aliphatic rings. The summed E-state index contributed by atoms with van der Waals surface area (Å²) in [6.07, 6.45) is 6.70. The first kappa shape index (κ1) is 15.1. The first-order valence-corrected chi connectivity index (χ1v) is 8.40. The summed E-state index contributed by atoms with van der Waals surface area (Å²) >= 11 is 0. The summed E-state index contributed by atoms with van der Waals surface area (Å²) in [5.41, 5.74) is 9.21. The van der Waals surface area contributed by atoms with Crippen molar-refractivity contribution in [1.82, 2.24) is 0 Å². The van der Waals surface area contributed by atoms with E-state index in [1.807, 2.05) is 0 Å². The summed E-state index contributed by atoms with van der Waals surface area (Å²) in [5, 5.41) is 4.07. The molecular weight excluding hydrogens is 266 g/mol. The molecule has 21 heavy (non-hydrogen) atoms. The van der Waals surface area contributed by atoms with Gasteiger partial charge in [-0.25, -0.2) is 0 Å². The van der Waals surface area contributed by atoms with Crippen molar-refractivity contribution in [2.45, 2.75) is 64.7 Å². The standard InChI is InChI=1S/C16H27N3O2/c1-16(2)11-9-13(16)12(14(10-11)18-19-17)6-8-21-15-5-3-4-7-20-15/h11-15H,3-10H2,1-2H3/t11-,12-,13+,14+,15?/m1/s1. The lowest BCUT2D eigenvalue weighted by Crippen LogP contribution is -2.57. The van der Waals surface area contributed by atoms with E-state index >= 15 is 0 Å². The van der Waals surface area contributed by atoms with E-state index in [0.29, 0.717) is 17.3 Å². The molecule has 1 unspecified atom stereocenters. The average Bonchev–Trinajstić information content (AvgIpc) is 2.49. The van der Waals surface area contributed by atoms with Gasteiger partial charge in [-0.2, -0.15) is 0 Å². The van der Waals surface area contributed by atoms with Gasteiger partial charge in [0.2, 0.25) is 0 Å². The number of hydrogen-bond donors (Lipinski definition) is 0. The molecule has 5 heteroatoms. The number of azide groups is 1. The minimum absolute atomic E-state index is 0.0117. The van der Waals surface area contributed by atoms with Crippen LogP contribution in [0.3, 0.4) is 0 Å². The maximum atomic E-state index is 8.80. The van der Waals surface area contributed by atoms with Crippen molar-refractivity contribution in [2.24, 2.45) is 28.3 Å². The fraction of sp³-hybridized carbons (Fsp3) is 1.00. The van der Waals surface area contributed by atoms with Crippen LogP contribution in [0.25, 0.3) is 10.4 Å². The van der Waals surface area contributed by atoms with Gasteiger partial charge < -0.3 is 9.47 Å². The molecule has 0 N–H and O–H groups in total. The Bertz CT molecular complexity index is 414. The summed E-state index contributed by atoms with van der Waals surface area (Å²) < 4.78 is 11.5. The Labute approximate surface area is 127 Å². The molecule has 118 valence electrons. The number of nitrogens with zero attached hydrogens (tertiary/aromatic N) is 3. The van der Waals surface area contributed by atoms with Gasteiger partial charge in [-0.1, -0.05) is 19.0 Å². The highest BCUT2D eigenvalue weighted by molar-refractivity contribution is 5.08. The van der Waals surface area contributed by atoms with Crippen LogP contribution in [0.4, 0.5) is 0 Å². The van der Waals surface area contributed by atoms with Crippen molar-refractivity contribution in [3.05, 3.63) is 10.4 Å². The molecule has 3 aliphatic carbocycles. The summed E-state index contributed by atoms with van der Waals surface area (Å²) in [7, 11) is 0. The highest BCUT2D eigenvalue weighted by Crippen LogP contribution is 2.62. The first-order valence-electron chi connectivity index (χ1n) is 8.40. The zero-order chi connectivity index (χ0) is 14.9. The molecule has 3 saturated carbocycles. The minimum Gasteiger partial charge on any atom is -0.353 e. The maximum Gasteiger partial charge on any atom is 0.157 e. The molecule has 2 bridgehead atoms. The van der Waals surface area contributed by atoms with Crippen molar-refractivity contribution in [3.8, 4) is 0 Å². The second-order valence-electron chi connectivity index (χ2n) is 7.49. The van der Waals surface area contributed by atoms with Crippen molar-refractivity contribution in [2.75, 3.05) is 13.2 Å². The highest BCUT2D eigenvalue weighted by Gasteiger charge is 2.57. The van der Waals surface area contributed by atoms with E-state index in [0.717, 1.165) is 44.8 Å². The molecule has 1 aliphatic heterocycles. The van der Waals surface area contributed by atoms with Gasteiger partial charge in [0.25, 0.3) is 0 Å². The van der Waals surface area contributed by atoms with E-state index in [-0.39, 0.29) is 12.3 Å². The molecule has 0 spiro atoms. The quantitative estimate of drug-likeness (QED) is 0.431. The lowest BCUT2D eigenvalue weighted by Gasteiger charge is -2.62. The van der Waals surface area contributed by atoms with Crippen LogP contribution in [0.5, 0.6) is 0 Å². The van der Waals surface area contributed by atoms with E-state index < -0.39 is 0 Å². The number of fused-ring (bicyclic) bond motifs is 2. The van der Waals surface area contributed by atoms with E-state index in [4.69, 9.17) is 15.0 Å². The maximum absolute atomic E-state index is 8.80. The Balaban J connectivity index is 1.54. The highest BCUT2D eigenvalue weighted by atomic mass is 16.7. The van der Waals surface area contributed by atoms with Gasteiger partial charge in [0.1, 0.15) is 0 Å². The van der Waals surface area contributed by atoms with Crippen molar-refractivity contribution >= 4 is 0 Å². The van der Waals surface area contributed by atoms with Crippen LogP contribution >= 0.6 is 0 Å². The molecule has 1 heterocycles. The fourth-order valence-corrected chi connectivity index (χ4v) is 4.69. The molecule has 4 fully saturated rings. The van der Waals surface area contributed by atoms with Crippen LogP contribution in [-0.4, -0.2) is 25.5 Å². The summed E-state index contributed by atoms with van der Waals surface area (Å²) in [5.74, 6) is 1.89. The van der Waals surface area contributed by atoms with E-state index in [1.165, 1.54) is 12.8 Å². The lowest BCUT2D eigenvalue weighted by molar-refractivity contribution is -0.173. The molecule has 0 amide bonds. The van der Waals surface area contributed by atoms with Gasteiger partial charge in [-0.05, 0) is 67.2 Å². The normalized spacial score (nSPS) is 41.0. The number of ether oxygens (including phenoxy) is 2. The van der Waals surface area contributed by atoms with Gasteiger partial charge >= 0.3 is 0 Å². The van der Waals surface area contributed by atoms with Crippen LogP contribution in [0.1, 0.15) is 52.4 Å². The molecule has 0 aromatic heterocycles. The smallest absolute Gasteiger partial charge is 0.157 e. The summed E-state index contributed by atoms with van der Waals surface area (Å²) in [6, 6.07) is 0.169. The number of hydrogen-bond acceptors (Lipinski definition) is 3. The van der Waals surface area contributed by atoms with Crippen LogP contribution < -0.4 is 0 Å². The Morgan fingerprint density at radius 2 is 2.19 bits per heavy atom. The van der Waals surface area contributed by atoms with Gasteiger partial charge in [-0.15, -0.1) is 0 Å². The fourth-order valence-electron chi connectivity index (χ4n) is 4.69. The predicted octanol–water partition coefficient (Wildman–Crippen LogP) is 4.28. The van der Waals surface area contributed by atoms with Gasteiger partial charge in [0.05, 0.1) is 6.61 Å². The van der Waals surface area contributed by atoms with Crippen LogP contribution in [0.15, 0.2) is 5.11 Å². The second kappa shape index (κ2) is 6.15. The third kappa shape index (κ3) is 2.92. The summed E-state index contributed by atoms with van der Waals surface area (Å²) in [4.78, 5) is 3.07. The van der Waals surface area contributed by atoms with E-state index in [9.17, 15) is 0 Å². The molecule has 5 nitrogen and oxygen atoms in total. The monoisotopic (exact) mass is 293 g/mol. The average molecular weight is 293 g/mol. The zero-order valence-corrected chi connectivity index (χ0v) is 13.2. The summed E-state index contributed by atoms with van der Waals surface area (Å²) in [6.45, 7) is 6.29. The Morgan fingerprint density at radius 3 is 2.86 bits per heavy atom. The molecule has 1 saturated heterocycles. The largest absolute Gasteiger partial charge is 0.353 e. The van der Waals surface area contributed by atoms with Gasteiger partial charge in [0, 0.05) is 17.6 Å². The molecule has 4 rings (SSSR count). The zero-order valence-electron chi connectivity index (χ0n) is 13.2. The van der Waals surface area contributed by atoms with Crippen molar-refractivity contribution in [3.63, 3.8) is 0 Å². The topological polar surface area (TPSA) is 67.2 Å². The SMILES string of the molecule is CC1(C)[C@H]2C[C@H](N=[N+]=[N-])[C@H](CCOC3CCCCO3)[C@@H]1C2. The van der Waals surface area contributed by atoms with Crippen LogP contribution in [-0.2, 0) is 9.47 Å². The molecule has 0 aromatic carbocycles. The van der Waals surface area contributed by atoms with Gasteiger partial charge in [0.15, 0.2) is 6.29 Å². The molecule has 0 radical (unpaired) electrons. The first-order chi connectivity index (χ1) is 10.1. The van der Waals surface area contributed by atoms with Crippen LogP contribution in [0.2, 0.25) is 0 Å². The second-order valence-corrected chi connectivity index (χ2v) is 7.49. The third-order valence-corrected chi connectivity index (χ3v) is 6.18. The minimum atomic E-state index is -0.0117. The van der Waals surface area contributed by atoms with Crippen molar-refractivity contribution < 1.29 is 9.47 Å². The Kier molecular flexibility index (Phi) is 4.43. The predicted molar refractivity (Wildman–Crippen MR) is 80.6 cm³/mol. The third-order valence-electron chi connectivity index (χ3n) is 6.18. The van der Waals surface area contributed by atoms with Crippen LogP contribution in [0, 0.1) is 23.2 Å². The van der Waals surface area contributed by atoms with E-state index in [2.05, 4.69) is 23.9 Å². The lowest BCUT2D eigenvalue weighted by atomic mass is 9.44.